The summed E-state index contributed by atoms with van der Waals surface area (Å²) in [4.78, 5) is 0. The second kappa shape index (κ2) is 10.9. The number of aryl methyl sites for hydroxylation is 3. The van der Waals surface area contributed by atoms with E-state index in [1.54, 1.807) is 5.56 Å². The number of hydrogen-bond acceptors (Lipinski definition) is 0. The highest BCUT2D eigenvalue weighted by molar-refractivity contribution is 5.30. The van der Waals surface area contributed by atoms with Crippen LogP contribution in [0.15, 0.2) is 18.2 Å². The second-order valence-electron chi connectivity index (χ2n) is 6.36. The van der Waals surface area contributed by atoms with Gasteiger partial charge in [0.05, 0.1) is 0 Å². The third-order valence-electron chi connectivity index (χ3n) is 4.30. The molecule has 0 aliphatic rings. The smallest absolute Gasteiger partial charge is 0.0276 e. The molecule has 0 atom stereocenters. The molecule has 0 heterocycles. The number of hydrogen-bond donors (Lipinski definition) is 0. The molecule has 0 radical (unpaired) electrons. The SMILES string of the molecule is CCCCCCCCCCCCc1cc(C)ccc1C. The van der Waals surface area contributed by atoms with E-state index >= 15 is 0 Å². The molecule has 0 bridgehead atoms. The van der Waals surface area contributed by atoms with Gasteiger partial charge in [0, 0.05) is 0 Å². The zero-order valence-corrected chi connectivity index (χ0v) is 14.0. The minimum Gasteiger partial charge on any atom is -0.0654 e. The van der Waals surface area contributed by atoms with E-state index in [0.29, 0.717) is 0 Å². The van der Waals surface area contributed by atoms with Gasteiger partial charge in [0.25, 0.3) is 0 Å². The maximum atomic E-state index is 2.36. The van der Waals surface area contributed by atoms with Gasteiger partial charge in [-0.25, -0.2) is 0 Å². The van der Waals surface area contributed by atoms with Gasteiger partial charge in [0.2, 0.25) is 0 Å². The Balaban J connectivity index is 1.98. The third kappa shape index (κ3) is 7.72. The Bertz CT molecular complexity index is 351. The third-order valence-corrected chi connectivity index (χ3v) is 4.30. The minimum atomic E-state index is 1.27. The summed E-state index contributed by atoms with van der Waals surface area (Å²) >= 11 is 0. The summed E-state index contributed by atoms with van der Waals surface area (Å²) < 4.78 is 0. The van der Waals surface area contributed by atoms with Gasteiger partial charge in [0.1, 0.15) is 0 Å². The van der Waals surface area contributed by atoms with Crippen LogP contribution in [-0.2, 0) is 6.42 Å². The largest absolute Gasteiger partial charge is 0.0654 e. The van der Waals surface area contributed by atoms with Crippen molar-refractivity contribution in [3.63, 3.8) is 0 Å². The summed E-state index contributed by atoms with van der Waals surface area (Å²) in [6, 6.07) is 6.85. The fourth-order valence-electron chi connectivity index (χ4n) is 2.87. The quantitative estimate of drug-likeness (QED) is 0.391. The Hall–Kier alpha value is -0.780. The van der Waals surface area contributed by atoms with Crippen molar-refractivity contribution in [1.29, 1.82) is 0 Å². The maximum Gasteiger partial charge on any atom is -0.0276 e. The van der Waals surface area contributed by atoms with Crippen LogP contribution in [0.25, 0.3) is 0 Å². The molecule has 1 aromatic carbocycles. The van der Waals surface area contributed by atoms with Crippen LogP contribution >= 0.6 is 0 Å². The van der Waals surface area contributed by atoms with Gasteiger partial charge in [-0.15, -0.1) is 0 Å². The fourth-order valence-corrected chi connectivity index (χ4v) is 2.87. The molecule has 0 heteroatoms. The van der Waals surface area contributed by atoms with Crippen LogP contribution in [0.3, 0.4) is 0 Å². The van der Waals surface area contributed by atoms with E-state index in [9.17, 15) is 0 Å². The highest BCUT2D eigenvalue weighted by Gasteiger charge is 1.99. The van der Waals surface area contributed by atoms with Crippen molar-refractivity contribution in [2.24, 2.45) is 0 Å². The van der Waals surface area contributed by atoms with E-state index < -0.39 is 0 Å². The van der Waals surface area contributed by atoms with Gasteiger partial charge >= 0.3 is 0 Å². The molecule has 0 aliphatic heterocycles. The first-order valence-electron chi connectivity index (χ1n) is 8.80. The van der Waals surface area contributed by atoms with Crippen LogP contribution in [0.2, 0.25) is 0 Å². The van der Waals surface area contributed by atoms with Crippen molar-refractivity contribution < 1.29 is 0 Å². The lowest BCUT2D eigenvalue weighted by atomic mass is 9.99. The average molecular weight is 274 g/mol. The van der Waals surface area contributed by atoms with Gasteiger partial charge in [-0.3, -0.25) is 0 Å². The lowest BCUT2D eigenvalue weighted by Gasteiger charge is -2.07. The Morgan fingerprint density at radius 3 is 1.85 bits per heavy atom. The van der Waals surface area contributed by atoms with Gasteiger partial charge in [-0.05, 0) is 37.8 Å². The summed E-state index contributed by atoms with van der Waals surface area (Å²) in [6.07, 6.45) is 15.5. The Kier molecular flexibility index (Phi) is 9.45. The highest BCUT2D eigenvalue weighted by atomic mass is 14.0. The Labute approximate surface area is 127 Å². The Morgan fingerprint density at radius 1 is 0.700 bits per heavy atom. The molecular weight excluding hydrogens is 240 g/mol. The topological polar surface area (TPSA) is 0 Å². The van der Waals surface area contributed by atoms with E-state index in [2.05, 4.69) is 39.0 Å². The molecular formula is C20H34. The van der Waals surface area contributed by atoms with E-state index in [1.165, 1.54) is 81.8 Å². The predicted molar refractivity (Wildman–Crippen MR) is 91.5 cm³/mol. The van der Waals surface area contributed by atoms with Crippen LogP contribution in [0.4, 0.5) is 0 Å². The summed E-state index contributed by atoms with van der Waals surface area (Å²) in [5.41, 5.74) is 4.42. The number of benzene rings is 1. The molecule has 0 aromatic heterocycles. The first-order valence-corrected chi connectivity index (χ1v) is 8.80. The molecule has 0 nitrogen and oxygen atoms in total. The molecule has 1 aromatic rings. The van der Waals surface area contributed by atoms with Crippen molar-refractivity contribution in [2.45, 2.75) is 91.4 Å². The van der Waals surface area contributed by atoms with Crippen molar-refractivity contribution in [3.8, 4) is 0 Å². The van der Waals surface area contributed by atoms with Gasteiger partial charge in [-0.2, -0.15) is 0 Å². The maximum absolute atomic E-state index is 2.36. The molecule has 0 unspecified atom stereocenters. The van der Waals surface area contributed by atoms with Gasteiger partial charge in [0.15, 0.2) is 0 Å². The van der Waals surface area contributed by atoms with E-state index in [4.69, 9.17) is 0 Å². The Morgan fingerprint density at radius 2 is 1.25 bits per heavy atom. The number of unbranched alkanes of at least 4 members (excludes halogenated alkanes) is 9. The zero-order chi connectivity index (χ0) is 14.6. The highest BCUT2D eigenvalue weighted by Crippen LogP contribution is 2.15. The normalized spacial score (nSPS) is 10.9. The standard InChI is InChI=1S/C20H34/c1-4-5-6-7-8-9-10-11-12-13-14-20-17-18(2)15-16-19(20)3/h15-17H,4-14H2,1-3H3. The minimum absolute atomic E-state index is 1.27. The summed E-state index contributed by atoms with van der Waals surface area (Å²) in [7, 11) is 0. The molecule has 0 saturated heterocycles. The van der Waals surface area contributed by atoms with Crippen molar-refractivity contribution in [2.75, 3.05) is 0 Å². The van der Waals surface area contributed by atoms with Crippen molar-refractivity contribution in [1.82, 2.24) is 0 Å². The fraction of sp³-hybridized carbons (Fsp3) is 0.700. The molecule has 0 spiro atoms. The van der Waals surface area contributed by atoms with Crippen LogP contribution in [0, 0.1) is 13.8 Å². The lowest BCUT2D eigenvalue weighted by Crippen LogP contribution is -1.91. The molecule has 20 heavy (non-hydrogen) atoms. The zero-order valence-electron chi connectivity index (χ0n) is 14.0. The molecule has 0 N–H and O–H groups in total. The number of rotatable bonds is 11. The molecule has 0 aliphatic carbocycles. The average Bonchev–Trinajstić information content (AvgIpc) is 2.44. The van der Waals surface area contributed by atoms with Crippen molar-refractivity contribution in [3.05, 3.63) is 34.9 Å². The van der Waals surface area contributed by atoms with Crippen molar-refractivity contribution >= 4 is 0 Å². The molecule has 114 valence electrons. The summed E-state index contributed by atoms with van der Waals surface area (Å²) in [6.45, 7) is 6.72. The second-order valence-corrected chi connectivity index (χ2v) is 6.36. The van der Waals surface area contributed by atoms with Crippen LogP contribution in [-0.4, -0.2) is 0 Å². The summed E-state index contributed by atoms with van der Waals surface area (Å²) in [5, 5.41) is 0. The first-order chi connectivity index (χ1) is 9.74. The summed E-state index contributed by atoms with van der Waals surface area (Å²) in [5.74, 6) is 0. The molecule has 0 amide bonds. The molecule has 1 rings (SSSR count). The van der Waals surface area contributed by atoms with Crippen LogP contribution in [0.1, 0.15) is 87.8 Å². The monoisotopic (exact) mass is 274 g/mol. The van der Waals surface area contributed by atoms with Crippen LogP contribution < -0.4 is 0 Å². The first kappa shape index (κ1) is 17.3. The molecule has 0 fully saturated rings. The van der Waals surface area contributed by atoms with E-state index in [0.717, 1.165) is 0 Å². The van der Waals surface area contributed by atoms with Gasteiger partial charge in [-0.1, -0.05) is 88.5 Å². The van der Waals surface area contributed by atoms with Gasteiger partial charge < -0.3 is 0 Å². The van der Waals surface area contributed by atoms with Crippen LogP contribution in [0.5, 0.6) is 0 Å². The molecule has 0 saturated carbocycles. The predicted octanol–water partition coefficient (Wildman–Crippen LogP) is 6.77. The van der Waals surface area contributed by atoms with E-state index in [-0.39, 0.29) is 0 Å². The van der Waals surface area contributed by atoms with E-state index in [1.807, 2.05) is 0 Å². The lowest BCUT2D eigenvalue weighted by molar-refractivity contribution is 0.556.